The zero-order valence-electron chi connectivity index (χ0n) is 6.75. The largest absolute Gasteiger partial charge is 2.00 e. The minimum absolute atomic E-state index is 0. The molecule has 0 atom stereocenters. The maximum atomic E-state index is 5.82. The Labute approximate surface area is 88.4 Å². The van der Waals surface area contributed by atoms with Gasteiger partial charge in [0.1, 0.15) is 0 Å². The van der Waals surface area contributed by atoms with Gasteiger partial charge in [0.15, 0.2) is 0 Å². The van der Waals surface area contributed by atoms with Crippen molar-refractivity contribution in [1.82, 2.24) is 0 Å². The zero-order valence-corrected chi connectivity index (χ0v) is 9.07. The normalized spacial score (nSPS) is 24.3. The van der Waals surface area contributed by atoms with Crippen molar-refractivity contribution in [3.05, 3.63) is 30.7 Å². The average Bonchev–Trinajstić information content (AvgIpc) is 1.79. The molecule has 1 aliphatic rings. The van der Waals surface area contributed by atoms with Crippen molar-refractivity contribution in [2.24, 2.45) is 0 Å². The predicted octanol–water partition coefficient (Wildman–Crippen LogP) is 3.69. The molecule has 0 unspecified atom stereocenters. The van der Waals surface area contributed by atoms with E-state index in [-0.39, 0.29) is 27.8 Å². The van der Waals surface area contributed by atoms with E-state index < -0.39 is 0 Å². The summed E-state index contributed by atoms with van der Waals surface area (Å²) in [5.41, 5.74) is 0. The van der Waals surface area contributed by atoms with Gasteiger partial charge in [-0.15, -0.1) is 0 Å². The molecule has 0 aliphatic heterocycles. The van der Waals surface area contributed by atoms with Crippen LogP contribution in [0.15, 0.2) is 23.3 Å². The van der Waals surface area contributed by atoms with Crippen molar-refractivity contribution in [3.63, 3.8) is 0 Å². The van der Waals surface area contributed by atoms with Crippen LogP contribution in [0.25, 0.3) is 0 Å². The van der Waals surface area contributed by atoms with Crippen LogP contribution in [0.5, 0.6) is 0 Å². The van der Waals surface area contributed by atoms with E-state index in [1.165, 1.54) is 0 Å². The summed E-state index contributed by atoms with van der Waals surface area (Å²) < 4.78 is 0. The van der Waals surface area contributed by atoms with Gasteiger partial charge in [0.25, 0.3) is 0 Å². The van der Waals surface area contributed by atoms with Crippen LogP contribution < -0.4 is 0 Å². The van der Waals surface area contributed by atoms with E-state index in [4.69, 9.17) is 11.6 Å². The molecule has 0 heterocycles. The summed E-state index contributed by atoms with van der Waals surface area (Å²) in [7, 11) is 0. The van der Waals surface area contributed by atoms with Crippen molar-refractivity contribution in [2.75, 3.05) is 0 Å². The van der Waals surface area contributed by atoms with Gasteiger partial charge in [-0.25, -0.2) is 0 Å². The van der Waals surface area contributed by atoms with E-state index in [2.05, 4.69) is 18.2 Å². The second-order valence-electron chi connectivity index (χ2n) is 2.24. The molecule has 11 heavy (non-hydrogen) atoms. The fraction of sp³-hybridized carbons (Fsp3) is 0.444. The molecule has 1 aliphatic carbocycles. The Balaban J connectivity index is 0. The van der Waals surface area contributed by atoms with Gasteiger partial charge in [-0.1, -0.05) is 29.8 Å². The van der Waals surface area contributed by atoms with Gasteiger partial charge in [-0.3, -0.25) is 0 Å². The monoisotopic (exact) mass is 263 g/mol. The second-order valence-corrected chi connectivity index (χ2v) is 2.72. The Morgan fingerprint density at radius 1 is 1.09 bits per heavy atom. The van der Waals surface area contributed by atoms with E-state index in [1.54, 1.807) is 0 Å². The summed E-state index contributed by atoms with van der Waals surface area (Å²) in [6, 6.07) is 0. The molecular formula is C9H14ClPd+. The van der Waals surface area contributed by atoms with E-state index >= 15 is 0 Å². The molecule has 0 aromatic heterocycles. The number of allylic oxidation sites excluding steroid dienone is 4. The summed E-state index contributed by atoms with van der Waals surface area (Å²) in [5, 5.41) is 1.03. The van der Waals surface area contributed by atoms with Crippen LogP contribution in [0.2, 0.25) is 0 Å². The van der Waals surface area contributed by atoms with E-state index in [0.29, 0.717) is 0 Å². The molecule has 0 fully saturated rings. The quantitative estimate of drug-likeness (QED) is 0.355. The van der Waals surface area contributed by atoms with Crippen LogP contribution in [0.4, 0.5) is 0 Å². The number of hydrogen-bond acceptors (Lipinski definition) is 0. The van der Waals surface area contributed by atoms with E-state index in [9.17, 15) is 0 Å². The maximum Gasteiger partial charge on any atom is 2.00 e. The summed E-state index contributed by atoms with van der Waals surface area (Å²) >= 11 is 5.82. The van der Waals surface area contributed by atoms with Gasteiger partial charge in [0.05, 0.1) is 0 Å². The third-order valence-electron chi connectivity index (χ3n) is 1.42. The van der Waals surface area contributed by atoms with Crippen molar-refractivity contribution >= 4 is 11.6 Å². The molecule has 1 rings (SSSR count). The maximum absolute atomic E-state index is 5.82. The van der Waals surface area contributed by atoms with Gasteiger partial charge in [0, 0.05) is 5.03 Å². The third kappa shape index (κ3) is 6.82. The van der Waals surface area contributed by atoms with E-state index in [0.717, 1.165) is 30.7 Å². The smallest absolute Gasteiger partial charge is 0.358 e. The third-order valence-corrected chi connectivity index (χ3v) is 1.76. The molecule has 0 N–H and O–H groups in total. The van der Waals surface area contributed by atoms with Crippen LogP contribution in [0.3, 0.4) is 0 Å². The molecular weight excluding hydrogens is 250 g/mol. The van der Waals surface area contributed by atoms with Crippen LogP contribution >= 0.6 is 11.6 Å². The summed E-state index contributed by atoms with van der Waals surface area (Å²) in [6.07, 6.45) is 10.9. The van der Waals surface area contributed by atoms with Gasteiger partial charge in [-0.05, 0) is 25.7 Å². The first-order chi connectivity index (χ1) is 4.39. The molecule has 0 amide bonds. The van der Waals surface area contributed by atoms with Crippen LogP contribution in [0.1, 0.15) is 25.7 Å². The van der Waals surface area contributed by atoms with Gasteiger partial charge in [-0.2, -0.15) is 0 Å². The summed E-state index contributed by atoms with van der Waals surface area (Å²) in [6.45, 7) is 0. The van der Waals surface area contributed by atoms with Crippen LogP contribution in [0, 0.1) is 7.43 Å². The Morgan fingerprint density at radius 3 is 2.45 bits per heavy atom. The topological polar surface area (TPSA) is 0 Å². The van der Waals surface area contributed by atoms with Crippen molar-refractivity contribution in [3.8, 4) is 0 Å². The van der Waals surface area contributed by atoms with E-state index in [1.807, 2.05) is 0 Å². The molecule has 2 heteroatoms. The van der Waals surface area contributed by atoms with Gasteiger partial charge < -0.3 is 7.43 Å². The molecule has 0 bridgehead atoms. The Morgan fingerprint density at radius 2 is 1.73 bits per heavy atom. The SMILES string of the molecule is Cl/C1=C/CC/C=C\CC1.[CH3-].[Pd+2]. The number of rotatable bonds is 0. The molecule has 0 radical (unpaired) electrons. The van der Waals surface area contributed by atoms with Crippen LogP contribution in [-0.2, 0) is 20.4 Å². The predicted molar refractivity (Wildman–Crippen MR) is 48.0 cm³/mol. The number of hydrogen-bond donors (Lipinski definition) is 0. The van der Waals surface area contributed by atoms with Gasteiger partial charge >= 0.3 is 20.4 Å². The number of halogens is 1. The summed E-state index contributed by atoms with van der Waals surface area (Å²) in [5.74, 6) is 0. The first-order valence-corrected chi connectivity index (χ1v) is 3.77. The molecule has 66 valence electrons. The van der Waals surface area contributed by atoms with Crippen molar-refractivity contribution in [2.45, 2.75) is 25.7 Å². The molecule has 0 saturated carbocycles. The average molecular weight is 264 g/mol. The Kier molecular flexibility index (Phi) is 10.8. The van der Waals surface area contributed by atoms with Gasteiger partial charge in [0.2, 0.25) is 0 Å². The minimum atomic E-state index is 0. The Bertz CT molecular complexity index is 138. The fourth-order valence-corrected chi connectivity index (χ4v) is 1.11. The first kappa shape index (κ1) is 14.0. The second kappa shape index (κ2) is 8.53. The molecule has 0 nitrogen and oxygen atoms in total. The summed E-state index contributed by atoms with van der Waals surface area (Å²) in [4.78, 5) is 0. The van der Waals surface area contributed by atoms with Crippen molar-refractivity contribution in [1.29, 1.82) is 0 Å². The zero-order chi connectivity index (χ0) is 6.53. The molecule has 0 spiro atoms. The minimum Gasteiger partial charge on any atom is -0.358 e. The standard InChI is InChI=1S/C8H11Cl.CH3.Pd/c9-8-6-4-2-1-3-5-7-8;;/h1-2,7H,3-6H2;1H3;/q;-1;+2/b2-1-,8-7+;;. The fourth-order valence-electron chi connectivity index (χ4n) is 0.895. The first-order valence-electron chi connectivity index (χ1n) is 3.39. The molecule has 0 saturated heterocycles. The Hall–Kier alpha value is 0.432. The van der Waals surface area contributed by atoms with Crippen LogP contribution in [-0.4, -0.2) is 0 Å². The molecule has 0 aromatic carbocycles. The van der Waals surface area contributed by atoms with Crippen molar-refractivity contribution < 1.29 is 20.4 Å². The molecule has 0 aromatic rings.